The van der Waals surface area contributed by atoms with Crippen LogP contribution in [0.3, 0.4) is 0 Å². The Labute approximate surface area is 121 Å². The largest absolute Gasteiger partial charge is 0.352 e. The van der Waals surface area contributed by atoms with Gasteiger partial charge in [0.05, 0.1) is 11.3 Å². The number of carbonyl (C=O) groups is 1. The molecule has 1 aromatic carbocycles. The van der Waals surface area contributed by atoms with E-state index in [1.54, 1.807) is 0 Å². The standard InChI is InChI=1S/C15H17F2N3O/c1-10-8-11(2)20(19-10)7-3-6-18-15(21)13-5-4-12(16)9-14(13)17/h4-5,8-9H,3,6-7H2,1-2H3,(H,18,21). The summed E-state index contributed by atoms with van der Waals surface area (Å²) in [6.07, 6.45) is 0.677. The van der Waals surface area contributed by atoms with Crippen molar-refractivity contribution >= 4 is 5.91 Å². The molecule has 0 aliphatic carbocycles. The summed E-state index contributed by atoms with van der Waals surface area (Å²) in [5.74, 6) is -2.10. The predicted octanol–water partition coefficient (Wildman–Crippen LogP) is 2.60. The van der Waals surface area contributed by atoms with Gasteiger partial charge in [0.25, 0.3) is 5.91 Å². The van der Waals surface area contributed by atoms with Crippen LogP contribution in [0.2, 0.25) is 0 Å². The van der Waals surface area contributed by atoms with Crippen LogP contribution < -0.4 is 5.32 Å². The monoisotopic (exact) mass is 293 g/mol. The molecule has 112 valence electrons. The van der Waals surface area contributed by atoms with Crippen molar-refractivity contribution in [2.24, 2.45) is 0 Å². The number of hydrogen-bond donors (Lipinski definition) is 1. The Morgan fingerprint density at radius 2 is 2.05 bits per heavy atom. The molecular formula is C15H17F2N3O. The molecule has 0 spiro atoms. The number of aryl methyl sites for hydroxylation is 3. The van der Waals surface area contributed by atoms with Crippen molar-refractivity contribution in [3.05, 3.63) is 52.9 Å². The molecule has 2 aromatic rings. The van der Waals surface area contributed by atoms with Crippen molar-refractivity contribution in [1.29, 1.82) is 0 Å². The first-order valence-electron chi connectivity index (χ1n) is 6.71. The normalized spacial score (nSPS) is 10.7. The van der Waals surface area contributed by atoms with Crippen LogP contribution in [0.5, 0.6) is 0 Å². The molecule has 0 aliphatic rings. The van der Waals surface area contributed by atoms with Crippen LogP contribution in [0.1, 0.15) is 28.2 Å². The lowest BCUT2D eigenvalue weighted by atomic mass is 10.2. The zero-order valence-corrected chi connectivity index (χ0v) is 12.0. The van der Waals surface area contributed by atoms with E-state index >= 15 is 0 Å². The second-order valence-electron chi connectivity index (χ2n) is 4.88. The van der Waals surface area contributed by atoms with Crippen LogP contribution >= 0.6 is 0 Å². The highest BCUT2D eigenvalue weighted by molar-refractivity contribution is 5.94. The van der Waals surface area contributed by atoms with Crippen LogP contribution in [0.25, 0.3) is 0 Å². The fraction of sp³-hybridized carbons (Fsp3) is 0.333. The molecule has 6 heteroatoms. The van der Waals surface area contributed by atoms with Crippen molar-refractivity contribution in [3.8, 4) is 0 Å². The highest BCUT2D eigenvalue weighted by Crippen LogP contribution is 2.09. The van der Waals surface area contributed by atoms with Gasteiger partial charge in [-0.25, -0.2) is 8.78 Å². The molecule has 0 unspecified atom stereocenters. The summed E-state index contributed by atoms with van der Waals surface area (Å²) < 4.78 is 28.0. The average Bonchev–Trinajstić information content (AvgIpc) is 2.73. The van der Waals surface area contributed by atoms with E-state index in [1.807, 2.05) is 24.6 Å². The topological polar surface area (TPSA) is 46.9 Å². The lowest BCUT2D eigenvalue weighted by molar-refractivity contribution is 0.0948. The van der Waals surface area contributed by atoms with Crippen LogP contribution in [0.4, 0.5) is 8.78 Å². The van der Waals surface area contributed by atoms with E-state index in [9.17, 15) is 13.6 Å². The third-order valence-corrected chi connectivity index (χ3v) is 3.11. The van der Waals surface area contributed by atoms with Gasteiger partial charge in [-0.15, -0.1) is 0 Å². The molecule has 0 atom stereocenters. The molecule has 21 heavy (non-hydrogen) atoms. The summed E-state index contributed by atoms with van der Waals surface area (Å²) in [6, 6.07) is 4.88. The van der Waals surface area contributed by atoms with Crippen molar-refractivity contribution in [1.82, 2.24) is 15.1 Å². The molecular weight excluding hydrogens is 276 g/mol. The molecule has 1 N–H and O–H groups in total. The van der Waals surface area contributed by atoms with Gasteiger partial charge in [0.2, 0.25) is 0 Å². The molecule has 4 nitrogen and oxygen atoms in total. The number of aromatic nitrogens is 2. The maximum Gasteiger partial charge on any atom is 0.254 e. The minimum Gasteiger partial charge on any atom is -0.352 e. The highest BCUT2D eigenvalue weighted by atomic mass is 19.1. The zero-order chi connectivity index (χ0) is 15.4. The van der Waals surface area contributed by atoms with E-state index < -0.39 is 17.5 Å². The zero-order valence-electron chi connectivity index (χ0n) is 12.0. The maximum atomic E-state index is 13.4. The van der Waals surface area contributed by atoms with Gasteiger partial charge in [-0.1, -0.05) is 0 Å². The number of carbonyl (C=O) groups excluding carboxylic acids is 1. The molecule has 1 aromatic heterocycles. The van der Waals surface area contributed by atoms with Crippen LogP contribution in [-0.2, 0) is 6.54 Å². The quantitative estimate of drug-likeness (QED) is 0.861. The average molecular weight is 293 g/mol. The lowest BCUT2D eigenvalue weighted by Gasteiger charge is -2.07. The number of nitrogens with one attached hydrogen (secondary N) is 1. The summed E-state index contributed by atoms with van der Waals surface area (Å²) in [5, 5.41) is 6.92. The van der Waals surface area contributed by atoms with Gasteiger partial charge in [-0.2, -0.15) is 5.10 Å². The Morgan fingerprint density at radius 3 is 2.67 bits per heavy atom. The first kappa shape index (κ1) is 15.2. The van der Waals surface area contributed by atoms with Crippen molar-refractivity contribution in [3.63, 3.8) is 0 Å². The van der Waals surface area contributed by atoms with Gasteiger partial charge in [0, 0.05) is 24.8 Å². The van der Waals surface area contributed by atoms with E-state index in [4.69, 9.17) is 0 Å². The van der Waals surface area contributed by atoms with Gasteiger partial charge in [0.1, 0.15) is 11.6 Å². The third-order valence-electron chi connectivity index (χ3n) is 3.11. The SMILES string of the molecule is Cc1cc(C)n(CCCNC(=O)c2ccc(F)cc2F)n1. The van der Waals surface area contributed by atoms with E-state index in [0.29, 0.717) is 25.6 Å². The van der Waals surface area contributed by atoms with Crippen molar-refractivity contribution in [2.45, 2.75) is 26.8 Å². The van der Waals surface area contributed by atoms with E-state index in [1.165, 1.54) is 0 Å². The first-order chi connectivity index (χ1) is 9.97. The Hall–Kier alpha value is -2.24. The summed E-state index contributed by atoms with van der Waals surface area (Å²) in [7, 11) is 0. The smallest absolute Gasteiger partial charge is 0.254 e. The molecule has 0 bridgehead atoms. The van der Waals surface area contributed by atoms with E-state index in [2.05, 4.69) is 10.4 Å². The van der Waals surface area contributed by atoms with E-state index in [0.717, 1.165) is 23.5 Å². The van der Waals surface area contributed by atoms with Crippen LogP contribution in [-0.4, -0.2) is 22.2 Å². The van der Waals surface area contributed by atoms with Gasteiger partial charge in [0.15, 0.2) is 0 Å². The Morgan fingerprint density at radius 1 is 1.29 bits per heavy atom. The number of amides is 1. The second-order valence-corrected chi connectivity index (χ2v) is 4.88. The highest BCUT2D eigenvalue weighted by Gasteiger charge is 2.11. The lowest BCUT2D eigenvalue weighted by Crippen LogP contribution is -2.26. The predicted molar refractivity (Wildman–Crippen MR) is 75.0 cm³/mol. The minimum absolute atomic E-state index is 0.150. The molecule has 0 aliphatic heterocycles. The van der Waals surface area contributed by atoms with Crippen LogP contribution in [0.15, 0.2) is 24.3 Å². The molecule has 0 saturated carbocycles. The fourth-order valence-electron chi connectivity index (χ4n) is 2.10. The van der Waals surface area contributed by atoms with Crippen LogP contribution in [0, 0.1) is 25.5 Å². The fourth-order valence-corrected chi connectivity index (χ4v) is 2.10. The second kappa shape index (κ2) is 6.47. The van der Waals surface area contributed by atoms with Gasteiger partial charge in [-0.3, -0.25) is 9.48 Å². The van der Waals surface area contributed by atoms with Gasteiger partial charge < -0.3 is 5.32 Å². The summed E-state index contributed by atoms with van der Waals surface area (Å²) in [4.78, 5) is 11.8. The minimum atomic E-state index is -0.856. The third kappa shape index (κ3) is 3.87. The van der Waals surface area contributed by atoms with Crippen molar-refractivity contribution in [2.75, 3.05) is 6.54 Å². The number of halogens is 2. The Bertz CT molecular complexity index is 652. The molecule has 1 amide bonds. The number of rotatable bonds is 5. The number of nitrogens with zero attached hydrogens (tertiary/aromatic N) is 2. The molecule has 1 heterocycles. The first-order valence-corrected chi connectivity index (χ1v) is 6.71. The molecule has 2 rings (SSSR count). The maximum absolute atomic E-state index is 13.4. The summed E-state index contributed by atoms with van der Waals surface area (Å²) in [6.45, 7) is 4.95. The number of benzene rings is 1. The summed E-state index contributed by atoms with van der Waals surface area (Å²) in [5.41, 5.74) is 1.86. The van der Waals surface area contributed by atoms with E-state index in [-0.39, 0.29) is 5.56 Å². The molecule has 0 fully saturated rings. The molecule has 0 radical (unpaired) electrons. The Kier molecular flexibility index (Phi) is 4.67. The summed E-state index contributed by atoms with van der Waals surface area (Å²) >= 11 is 0. The van der Waals surface area contributed by atoms with Gasteiger partial charge >= 0.3 is 0 Å². The molecule has 0 saturated heterocycles. The van der Waals surface area contributed by atoms with Crippen molar-refractivity contribution < 1.29 is 13.6 Å². The Balaban J connectivity index is 1.83. The number of hydrogen-bond acceptors (Lipinski definition) is 2. The van der Waals surface area contributed by atoms with Gasteiger partial charge in [-0.05, 0) is 38.5 Å².